The number of carbonyl (C=O) groups is 1. The van der Waals surface area contributed by atoms with Crippen LogP contribution in [0.5, 0.6) is 0 Å². The molecule has 0 N–H and O–H groups in total. The van der Waals surface area contributed by atoms with Crippen LogP contribution in [0.4, 0.5) is 4.39 Å². The van der Waals surface area contributed by atoms with Gasteiger partial charge in [-0.25, -0.2) is 4.39 Å². The summed E-state index contributed by atoms with van der Waals surface area (Å²) < 4.78 is 47.1. The second kappa shape index (κ2) is 7.35. The summed E-state index contributed by atoms with van der Waals surface area (Å²) in [4.78, 5) is 14.5. The smallest absolute Gasteiger partial charge is 0.311 e. The Morgan fingerprint density at radius 3 is 2.86 bits per heavy atom. The molecule has 2 aromatic rings. The SMILES string of the molecule is O=C(OCc1cccc(F)c1)C1CCCN(C2=NS(=O)(=O)c3ccccc32)C1. The van der Waals surface area contributed by atoms with Crippen LogP contribution in [0.3, 0.4) is 0 Å². The Bertz CT molecular complexity index is 1050. The van der Waals surface area contributed by atoms with Crippen molar-refractivity contribution in [2.75, 3.05) is 13.1 Å². The zero-order valence-corrected chi connectivity index (χ0v) is 15.9. The van der Waals surface area contributed by atoms with Gasteiger partial charge in [-0.05, 0) is 42.7 Å². The first-order valence-corrected chi connectivity index (χ1v) is 10.5. The van der Waals surface area contributed by atoms with Crippen LogP contribution in [-0.2, 0) is 26.2 Å². The minimum atomic E-state index is -3.70. The average Bonchev–Trinajstić information content (AvgIpc) is 2.98. The van der Waals surface area contributed by atoms with Crippen molar-refractivity contribution >= 4 is 21.8 Å². The van der Waals surface area contributed by atoms with E-state index in [1.165, 1.54) is 18.2 Å². The summed E-state index contributed by atoms with van der Waals surface area (Å²) in [6.45, 7) is 0.965. The first kappa shape index (κ1) is 18.6. The molecule has 1 unspecified atom stereocenters. The van der Waals surface area contributed by atoms with Gasteiger partial charge < -0.3 is 9.64 Å². The number of ether oxygens (including phenoxy) is 1. The van der Waals surface area contributed by atoms with E-state index in [4.69, 9.17) is 4.74 Å². The maximum absolute atomic E-state index is 13.2. The van der Waals surface area contributed by atoms with Gasteiger partial charge in [-0.3, -0.25) is 4.79 Å². The molecule has 28 heavy (non-hydrogen) atoms. The molecular weight excluding hydrogens is 383 g/mol. The summed E-state index contributed by atoms with van der Waals surface area (Å²) in [7, 11) is -3.70. The van der Waals surface area contributed by atoms with Gasteiger partial charge in [0, 0.05) is 18.7 Å². The second-order valence-electron chi connectivity index (χ2n) is 6.91. The number of halogens is 1. The van der Waals surface area contributed by atoms with Gasteiger partial charge in [0.15, 0.2) is 5.84 Å². The molecule has 6 nitrogen and oxygen atoms in total. The molecule has 2 heterocycles. The lowest BCUT2D eigenvalue weighted by molar-refractivity contribution is -0.151. The van der Waals surface area contributed by atoms with Crippen molar-refractivity contribution in [2.45, 2.75) is 24.3 Å². The predicted molar refractivity (Wildman–Crippen MR) is 101 cm³/mol. The Balaban J connectivity index is 1.46. The highest BCUT2D eigenvalue weighted by atomic mass is 32.2. The number of amidine groups is 1. The number of sulfonamides is 1. The standard InChI is InChI=1S/C20H19FN2O4S/c21-16-7-3-5-14(11-16)13-27-20(24)15-6-4-10-23(12-15)19-17-8-1-2-9-18(17)28(25,26)22-19/h1-3,5,7-9,11,15H,4,6,10,12-13H2. The lowest BCUT2D eigenvalue weighted by atomic mass is 9.97. The van der Waals surface area contributed by atoms with Crippen molar-refractivity contribution in [1.29, 1.82) is 0 Å². The van der Waals surface area contributed by atoms with Crippen LogP contribution in [0.1, 0.15) is 24.0 Å². The van der Waals surface area contributed by atoms with Crippen molar-refractivity contribution in [3.05, 3.63) is 65.5 Å². The number of piperidine rings is 1. The van der Waals surface area contributed by atoms with E-state index in [0.717, 1.165) is 6.42 Å². The number of nitrogens with zero attached hydrogens (tertiary/aromatic N) is 2. The number of carbonyl (C=O) groups excluding carboxylic acids is 1. The van der Waals surface area contributed by atoms with Gasteiger partial charge >= 0.3 is 5.97 Å². The van der Waals surface area contributed by atoms with Crippen molar-refractivity contribution in [1.82, 2.24) is 4.90 Å². The minimum Gasteiger partial charge on any atom is -0.461 e. The number of hydrogen-bond acceptors (Lipinski definition) is 5. The monoisotopic (exact) mass is 402 g/mol. The Hall–Kier alpha value is -2.74. The van der Waals surface area contributed by atoms with Gasteiger partial charge in [0.25, 0.3) is 10.0 Å². The van der Waals surface area contributed by atoms with Crippen molar-refractivity contribution in [3.8, 4) is 0 Å². The predicted octanol–water partition coefficient (Wildman–Crippen LogP) is 2.73. The number of esters is 1. The van der Waals surface area contributed by atoms with E-state index in [9.17, 15) is 17.6 Å². The molecule has 2 aliphatic heterocycles. The van der Waals surface area contributed by atoms with Crippen LogP contribution in [0.2, 0.25) is 0 Å². The fourth-order valence-electron chi connectivity index (χ4n) is 3.58. The third-order valence-electron chi connectivity index (χ3n) is 4.94. The molecule has 0 aromatic heterocycles. The highest BCUT2D eigenvalue weighted by molar-refractivity contribution is 7.90. The molecule has 8 heteroatoms. The summed E-state index contributed by atoms with van der Waals surface area (Å²) >= 11 is 0. The van der Waals surface area contributed by atoms with Gasteiger partial charge in [-0.1, -0.05) is 24.3 Å². The quantitative estimate of drug-likeness (QED) is 0.738. The Labute approximate surface area is 162 Å². The van der Waals surface area contributed by atoms with E-state index in [2.05, 4.69) is 4.40 Å². The van der Waals surface area contributed by atoms with Crippen LogP contribution >= 0.6 is 0 Å². The van der Waals surface area contributed by atoms with Gasteiger partial charge in [-0.2, -0.15) is 8.42 Å². The normalized spacial score (nSPS) is 20.4. The van der Waals surface area contributed by atoms with E-state index in [0.29, 0.717) is 36.5 Å². The van der Waals surface area contributed by atoms with Crippen LogP contribution in [0.25, 0.3) is 0 Å². The van der Waals surface area contributed by atoms with E-state index in [1.807, 2.05) is 4.90 Å². The van der Waals surface area contributed by atoms with E-state index >= 15 is 0 Å². The van der Waals surface area contributed by atoms with Gasteiger partial charge in [0.2, 0.25) is 0 Å². The molecule has 0 amide bonds. The van der Waals surface area contributed by atoms with Gasteiger partial charge in [-0.15, -0.1) is 4.40 Å². The summed E-state index contributed by atoms with van der Waals surface area (Å²) in [6, 6.07) is 12.6. The first-order chi connectivity index (χ1) is 13.4. The maximum atomic E-state index is 13.2. The minimum absolute atomic E-state index is 0.00521. The first-order valence-electron chi connectivity index (χ1n) is 9.04. The molecule has 1 fully saturated rings. The van der Waals surface area contributed by atoms with Crippen LogP contribution in [-0.4, -0.2) is 38.2 Å². The Morgan fingerprint density at radius 1 is 1.21 bits per heavy atom. The van der Waals surface area contributed by atoms with Crippen LogP contribution < -0.4 is 0 Å². The molecule has 0 aliphatic carbocycles. The highest BCUT2D eigenvalue weighted by Gasteiger charge is 2.35. The zero-order chi connectivity index (χ0) is 19.7. The van der Waals surface area contributed by atoms with E-state index in [-0.39, 0.29) is 29.2 Å². The Kier molecular flexibility index (Phi) is 4.89. The largest absolute Gasteiger partial charge is 0.461 e. The van der Waals surface area contributed by atoms with Crippen molar-refractivity contribution < 1.29 is 22.3 Å². The number of rotatable bonds is 3. The maximum Gasteiger partial charge on any atom is 0.311 e. The number of fused-ring (bicyclic) bond motifs is 1. The number of benzene rings is 2. The highest BCUT2D eigenvalue weighted by Crippen LogP contribution is 2.30. The summed E-state index contributed by atoms with van der Waals surface area (Å²) in [5.41, 5.74) is 1.15. The molecule has 1 atom stereocenters. The van der Waals surface area contributed by atoms with E-state index < -0.39 is 10.0 Å². The molecule has 146 valence electrons. The second-order valence-corrected chi connectivity index (χ2v) is 8.48. The lowest BCUT2D eigenvalue weighted by Gasteiger charge is -2.32. The third-order valence-corrected chi connectivity index (χ3v) is 6.26. The fourth-order valence-corrected chi connectivity index (χ4v) is 4.81. The molecule has 1 saturated heterocycles. The summed E-state index contributed by atoms with van der Waals surface area (Å²) in [6.07, 6.45) is 1.38. The van der Waals surface area contributed by atoms with Crippen LogP contribution in [0.15, 0.2) is 57.8 Å². The zero-order valence-electron chi connectivity index (χ0n) is 15.0. The molecule has 0 spiro atoms. The summed E-state index contributed by atoms with van der Waals surface area (Å²) in [5, 5.41) is 0. The van der Waals surface area contributed by atoms with E-state index in [1.54, 1.807) is 30.3 Å². The number of likely N-dealkylation sites (tertiary alicyclic amines) is 1. The Morgan fingerprint density at radius 2 is 2.04 bits per heavy atom. The molecule has 4 rings (SSSR count). The molecule has 2 aromatic carbocycles. The molecule has 2 aliphatic rings. The fraction of sp³-hybridized carbons (Fsp3) is 0.300. The summed E-state index contributed by atoms with van der Waals surface area (Å²) in [5.74, 6) is -0.751. The molecule has 0 radical (unpaired) electrons. The molecule has 0 saturated carbocycles. The third kappa shape index (κ3) is 3.64. The van der Waals surface area contributed by atoms with Gasteiger partial charge in [0.05, 0.1) is 5.92 Å². The number of hydrogen-bond donors (Lipinski definition) is 0. The average molecular weight is 402 g/mol. The topological polar surface area (TPSA) is 76.0 Å². The molecule has 0 bridgehead atoms. The lowest BCUT2D eigenvalue weighted by Crippen LogP contribution is -2.42. The molecular formula is C20H19FN2O4S. The van der Waals surface area contributed by atoms with Crippen molar-refractivity contribution in [2.24, 2.45) is 10.3 Å². The van der Waals surface area contributed by atoms with Gasteiger partial charge in [0.1, 0.15) is 17.3 Å². The van der Waals surface area contributed by atoms with Crippen LogP contribution in [0, 0.1) is 11.7 Å². The van der Waals surface area contributed by atoms with Crippen molar-refractivity contribution in [3.63, 3.8) is 0 Å².